The molecule has 122 valence electrons. The molecule has 1 aliphatic rings. The summed E-state index contributed by atoms with van der Waals surface area (Å²) in [4.78, 5) is 15.9. The van der Waals surface area contributed by atoms with Crippen LogP contribution in [0.2, 0.25) is 0 Å². The summed E-state index contributed by atoms with van der Waals surface area (Å²) in [6, 6.07) is 3.90. The molecule has 1 saturated carbocycles. The second-order valence-corrected chi connectivity index (χ2v) is 6.02. The third-order valence-corrected chi connectivity index (χ3v) is 3.96. The van der Waals surface area contributed by atoms with Crippen LogP contribution in [0.3, 0.4) is 0 Å². The molecule has 6 heteroatoms. The van der Waals surface area contributed by atoms with Gasteiger partial charge in [0.2, 0.25) is 11.8 Å². The van der Waals surface area contributed by atoms with E-state index in [9.17, 15) is 4.79 Å². The maximum absolute atomic E-state index is 11.7. The number of rotatable bonds is 7. The molecule has 0 saturated heterocycles. The first-order chi connectivity index (χ1) is 11.1. The maximum atomic E-state index is 11.7. The van der Waals surface area contributed by atoms with Gasteiger partial charge < -0.3 is 14.3 Å². The van der Waals surface area contributed by atoms with Gasteiger partial charge >= 0.3 is 0 Å². The van der Waals surface area contributed by atoms with Crippen LogP contribution in [0.5, 0.6) is 0 Å². The van der Waals surface area contributed by atoms with Crippen molar-refractivity contribution in [1.82, 2.24) is 15.5 Å². The molecule has 0 radical (unpaired) electrons. The first kappa shape index (κ1) is 15.5. The summed E-state index contributed by atoms with van der Waals surface area (Å²) in [5.74, 6) is 4.10. The number of aromatic nitrogens is 2. The van der Waals surface area contributed by atoms with Crippen molar-refractivity contribution in [3.8, 4) is 0 Å². The average molecular weight is 315 g/mol. The second-order valence-electron chi connectivity index (χ2n) is 6.02. The van der Waals surface area contributed by atoms with Crippen molar-refractivity contribution in [1.29, 1.82) is 0 Å². The SMILES string of the molecule is Cc1noc(CCCNC(=O)/C=C/c2ccc(C3CC3C)o2)n1. The molecule has 2 atom stereocenters. The van der Waals surface area contributed by atoms with E-state index in [0.717, 1.165) is 17.9 Å². The normalized spacial score (nSPS) is 20.1. The summed E-state index contributed by atoms with van der Waals surface area (Å²) in [6.45, 7) is 4.56. The molecule has 2 unspecified atom stereocenters. The van der Waals surface area contributed by atoms with Crippen molar-refractivity contribution in [2.45, 2.75) is 39.0 Å². The largest absolute Gasteiger partial charge is 0.461 e. The average Bonchev–Trinajstić information content (AvgIpc) is 2.92. The molecule has 1 amide bonds. The van der Waals surface area contributed by atoms with E-state index < -0.39 is 0 Å². The van der Waals surface area contributed by atoms with Gasteiger partial charge in [0.25, 0.3) is 0 Å². The fourth-order valence-electron chi connectivity index (χ4n) is 2.49. The quantitative estimate of drug-likeness (QED) is 0.627. The molecular weight excluding hydrogens is 294 g/mol. The van der Waals surface area contributed by atoms with Crippen molar-refractivity contribution in [2.24, 2.45) is 5.92 Å². The van der Waals surface area contributed by atoms with Gasteiger partial charge in [-0.3, -0.25) is 4.79 Å². The Hall–Kier alpha value is -2.37. The van der Waals surface area contributed by atoms with Crippen LogP contribution in [0, 0.1) is 12.8 Å². The molecule has 1 N–H and O–H groups in total. The van der Waals surface area contributed by atoms with Gasteiger partial charge in [-0.2, -0.15) is 4.98 Å². The lowest BCUT2D eigenvalue weighted by molar-refractivity contribution is -0.116. The van der Waals surface area contributed by atoms with E-state index in [-0.39, 0.29) is 5.91 Å². The zero-order chi connectivity index (χ0) is 16.2. The Bertz CT molecular complexity index is 702. The molecule has 1 aliphatic carbocycles. The molecular formula is C17H21N3O3. The minimum absolute atomic E-state index is 0.135. The van der Waals surface area contributed by atoms with Crippen LogP contribution in [-0.2, 0) is 11.2 Å². The number of furan rings is 1. The number of carbonyl (C=O) groups excluding carboxylic acids is 1. The maximum Gasteiger partial charge on any atom is 0.244 e. The van der Waals surface area contributed by atoms with Crippen molar-refractivity contribution >= 4 is 12.0 Å². The van der Waals surface area contributed by atoms with E-state index in [1.807, 2.05) is 12.1 Å². The molecule has 0 aromatic carbocycles. The van der Waals surface area contributed by atoms with Crippen LogP contribution < -0.4 is 5.32 Å². The van der Waals surface area contributed by atoms with Gasteiger partial charge in [0.05, 0.1) is 0 Å². The number of nitrogens with zero attached hydrogens (tertiary/aromatic N) is 2. The number of carbonyl (C=O) groups is 1. The predicted octanol–water partition coefficient (Wildman–Crippen LogP) is 2.86. The number of amides is 1. The highest BCUT2D eigenvalue weighted by atomic mass is 16.5. The zero-order valence-electron chi connectivity index (χ0n) is 13.4. The lowest BCUT2D eigenvalue weighted by Gasteiger charge is -1.99. The van der Waals surface area contributed by atoms with Gasteiger partial charge in [0, 0.05) is 25.0 Å². The molecule has 23 heavy (non-hydrogen) atoms. The molecule has 6 nitrogen and oxygen atoms in total. The van der Waals surface area contributed by atoms with Gasteiger partial charge in [-0.05, 0) is 43.9 Å². The lowest BCUT2D eigenvalue weighted by Crippen LogP contribution is -2.22. The fourth-order valence-corrected chi connectivity index (χ4v) is 2.49. The van der Waals surface area contributed by atoms with Crippen LogP contribution in [0.15, 0.2) is 27.1 Å². The van der Waals surface area contributed by atoms with E-state index in [2.05, 4.69) is 22.4 Å². The van der Waals surface area contributed by atoms with Crippen LogP contribution >= 0.6 is 0 Å². The molecule has 0 aliphatic heterocycles. The van der Waals surface area contributed by atoms with Crippen molar-refractivity contribution in [2.75, 3.05) is 6.54 Å². The van der Waals surface area contributed by atoms with Crippen LogP contribution in [0.25, 0.3) is 6.08 Å². The minimum atomic E-state index is -0.135. The smallest absolute Gasteiger partial charge is 0.244 e. The molecule has 0 spiro atoms. The number of hydrogen-bond acceptors (Lipinski definition) is 5. The van der Waals surface area contributed by atoms with Gasteiger partial charge in [0.1, 0.15) is 11.5 Å². The Morgan fingerprint density at radius 1 is 1.48 bits per heavy atom. The van der Waals surface area contributed by atoms with Gasteiger partial charge in [-0.15, -0.1) is 0 Å². The highest BCUT2D eigenvalue weighted by Gasteiger charge is 2.36. The van der Waals surface area contributed by atoms with Crippen LogP contribution in [-0.4, -0.2) is 22.6 Å². The summed E-state index contributed by atoms with van der Waals surface area (Å²) in [5.41, 5.74) is 0. The first-order valence-electron chi connectivity index (χ1n) is 7.96. The van der Waals surface area contributed by atoms with Gasteiger partial charge in [-0.25, -0.2) is 0 Å². The standard InChI is InChI=1S/C17H21N3O3/c1-11-10-14(11)15-7-5-13(22-15)6-8-16(21)18-9-3-4-17-19-12(2)20-23-17/h5-8,11,14H,3-4,9-10H2,1-2H3,(H,18,21)/b8-6+. The Balaban J connectivity index is 1.37. The summed E-state index contributed by atoms with van der Waals surface area (Å²) >= 11 is 0. The van der Waals surface area contributed by atoms with Gasteiger partial charge in [-0.1, -0.05) is 12.1 Å². The Morgan fingerprint density at radius 3 is 3.00 bits per heavy atom. The summed E-state index contributed by atoms with van der Waals surface area (Å²) < 4.78 is 10.7. The van der Waals surface area contributed by atoms with Crippen molar-refractivity contribution < 1.29 is 13.7 Å². The molecule has 2 heterocycles. The van der Waals surface area contributed by atoms with E-state index in [1.54, 1.807) is 13.0 Å². The molecule has 2 aromatic rings. The van der Waals surface area contributed by atoms with Crippen LogP contribution in [0.4, 0.5) is 0 Å². The van der Waals surface area contributed by atoms with E-state index in [0.29, 0.717) is 36.5 Å². The minimum Gasteiger partial charge on any atom is -0.461 e. The van der Waals surface area contributed by atoms with E-state index in [4.69, 9.17) is 8.94 Å². The topological polar surface area (TPSA) is 81.2 Å². The Labute approximate surface area is 134 Å². The highest BCUT2D eigenvalue weighted by Crippen LogP contribution is 2.47. The number of nitrogens with one attached hydrogen (secondary N) is 1. The van der Waals surface area contributed by atoms with Crippen molar-refractivity contribution in [3.63, 3.8) is 0 Å². The van der Waals surface area contributed by atoms with E-state index in [1.165, 1.54) is 12.5 Å². The predicted molar refractivity (Wildman–Crippen MR) is 84.6 cm³/mol. The summed E-state index contributed by atoms with van der Waals surface area (Å²) in [7, 11) is 0. The fraction of sp³-hybridized carbons (Fsp3) is 0.471. The lowest BCUT2D eigenvalue weighted by atomic mass is 10.3. The Morgan fingerprint density at radius 2 is 2.30 bits per heavy atom. The van der Waals surface area contributed by atoms with Crippen molar-refractivity contribution in [3.05, 3.63) is 41.4 Å². The number of hydrogen-bond donors (Lipinski definition) is 1. The summed E-state index contributed by atoms with van der Waals surface area (Å²) in [5, 5.41) is 6.54. The molecule has 0 bridgehead atoms. The zero-order valence-corrected chi connectivity index (χ0v) is 13.4. The third-order valence-electron chi connectivity index (χ3n) is 3.96. The molecule has 1 fully saturated rings. The second kappa shape index (κ2) is 6.81. The summed E-state index contributed by atoms with van der Waals surface area (Å²) in [6.07, 6.45) is 5.80. The number of aryl methyl sites for hydroxylation is 2. The van der Waals surface area contributed by atoms with E-state index >= 15 is 0 Å². The Kier molecular flexibility index (Phi) is 4.60. The highest BCUT2D eigenvalue weighted by molar-refractivity contribution is 5.91. The molecule has 2 aromatic heterocycles. The van der Waals surface area contributed by atoms with Gasteiger partial charge in [0.15, 0.2) is 5.82 Å². The monoisotopic (exact) mass is 315 g/mol. The molecule has 3 rings (SSSR count). The third kappa shape index (κ3) is 4.31. The van der Waals surface area contributed by atoms with Crippen LogP contribution in [0.1, 0.15) is 48.9 Å². The first-order valence-corrected chi connectivity index (χ1v) is 7.96.